The largest absolute Gasteiger partial charge is 0.358 e. The van der Waals surface area contributed by atoms with E-state index < -0.39 is 0 Å². The Morgan fingerprint density at radius 2 is 2.12 bits per heavy atom. The van der Waals surface area contributed by atoms with Gasteiger partial charge in [0.05, 0.1) is 18.0 Å². The highest BCUT2D eigenvalue weighted by molar-refractivity contribution is 5.88. The van der Waals surface area contributed by atoms with E-state index in [9.17, 15) is 0 Å². The minimum absolute atomic E-state index is 0.495. The lowest BCUT2D eigenvalue weighted by molar-refractivity contribution is 0.887. The molecule has 1 aromatic carbocycles. The Morgan fingerprint density at radius 1 is 1.31 bits per heavy atom. The molecule has 2 aromatic rings. The summed E-state index contributed by atoms with van der Waals surface area (Å²) in [5, 5.41) is 9.58. The molecule has 0 saturated carbocycles. The molecular weight excluding hydrogens is 200 g/mol. The predicted molar refractivity (Wildman–Crippen MR) is 63.0 cm³/mol. The van der Waals surface area contributed by atoms with Gasteiger partial charge in [0, 0.05) is 19.0 Å². The number of nitriles is 1. The molecule has 0 fully saturated rings. The van der Waals surface area contributed by atoms with Crippen LogP contribution < -0.4 is 4.90 Å². The van der Waals surface area contributed by atoms with Crippen LogP contribution in [0.1, 0.15) is 6.42 Å². The van der Waals surface area contributed by atoms with Crippen molar-refractivity contribution in [2.24, 2.45) is 0 Å². The lowest BCUT2D eigenvalue weighted by Crippen LogP contribution is -2.19. The first kappa shape index (κ1) is 10.4. The van der Waals surface area contributed by atoms with Crippen LogP contribution in [0, 0.1) is 11.3 Å². The molecular formula is C12H12N4. The van der Waals surface area contributed by atoms with E-state index in [0.717, 1.165) is 16.7 Å². The van der Waals surface area contributed by atoms with Crippen LogP contribution in [-0.4, -0.2) is 23.6 Å². The number of para-hydroxylation sites is 1. The minimum Gasteiger partial charge on any atom is -0.358 e. The van der Waals surface area contributed by atoms with Crippen LogP contribution in [0.2, 0.25) is 0 Å². The molecule has 0 aliphatic carbocycles. The van der Waals surface area contributed by atoms with E-state index in [4.69, 9.17) is 5.26 Å². The van der Waals surface area contributed by atoms with Crippen molar-refractivity contribution < 1.29 is 0 Å². The van der Waals surface area contributed by atoms with Crippen LogP contribution in [-0.2, 0) is 0 Å². The molecule has 0 N–H and O–H groups in total. The topological polar surface area (TPSA) is 52.8 Å². The van der Waals surface area contributed by atoms with Gasteiger partial charge in [-0.1, -0.05) is 12.1 Å². The van der Waals surface area contributed by atoms with Crippen LogP contribution >= 0.6 is 0 Å². The number of rotatable bonds is 3. The second-order valence-corrected chi connectivity index (χ2v) is 3.54. The van der Waals surface area contributed by atoms with Crippen LogP contribution in [0.5, 0.6) is 0 Å². The first-order valence-corrected chi connectivity index (χ1v) is 5.11. The number of nitrogens with zero attached hydrogens (tertiary/aromatic N) is 4. The molecule has 0 amide bonds. The van der Waals surface area contributed by atoms with Gasteiger partial charge in [-0.2, -0.15) is 5.26 Å². The van der Waals surface area contributed by atoms with Crippen molar-refractivity contribution in [1.29, 1.82) is 5.26 Å². The Morgan fingerprint density at radius 3 is 2.94 bits per heavy atom. The van der Waals surface area contributed by atoms with Gasteiger partial charge >= 0.3 is 0 Å². The van der Waals surface area contributed by atoms with Gasteiger partial charge in [-0.25, -0.2) is 9.97 Å². The third kappa shape index (κ3) is 1.94. The fourth-order valence-corrected chi connectivity index (χ4v) is 1.62. The maximum absolute atomic E-state index is 8.57. The summed E-state index contributed by atoms with van der Waals surface area (Å²) >= 11 is 0. The summed E-state index contributed by atoms with van der Waals surface area (Å²) in [5.74, 6) is 0.876. The standard InChI is InChI=1S/C12H12N4/c1-16(8-4-7-13)12-10-5-2-3-6-11(10)14-9-15-12/h2-3,5-6,9H,4,8H2,1H3. The van der Waals surface area contributed by atoms with E-state index in [1.807, 2.05) is 36.2 Å². The molecule has 0 aliphatic rings. The fourth-order valence-electron chi connectivity index (χ4n) is 1.62. The number of hydrogen-bond acceptors (Lipinski definition) is 4. The Bertz CT molecular complexity index is 525. The van der Waals surface area contributed by atoms with Gasteiger partial charge < -0.3 is 4.90 Å². The van der Waals surface area contributed by atoms with Gasteiger partial charge in [0.15, 0.2) is 0 Å². The third-order valence-electron chi connectivity index (χ3n) is 2.44. The average molecular weight is 212 g/mol. The van der Waals surface area contributed by atoms with Gasteiger partial charge in [-0.15, -0.1) is 0 Å². The van der Waals surface area contributed by atoms with Crippen molar-refractivity contribution in [3.63, 3.8) is 0 Å². The van der Waals surface area contributed by atoms with Gasteiger partial charge in [-0.3, -0.25) is 0 Å². The first-order chi connectivity index (χ1) is 7.83. The second kappa shape index (κ2) is 4.58. The Balaban J connectivity index is 2.40. The van der Waals surface area contributed by atoms with Crippen molar-refractivity contribution in [1.82, 2.24) is 9.97 Å². The Labute approximate surface area is 94.2 Å². The zero-order valence-electron chi connectivity index (χ0n) is 9.09. The van der Waals surface area contributed by atoms with Crippen LogP contribution in [0.3, 0.4) is 0 Å². The summed E-state index contributed by atoms with van der Waals surface area (Å²) in [4.78, 5) is 10.4. The van der Waals surface area contributed by atoms with Crippen molar-refractivity contribution in [3.05, 3.63) is 30.6 Å². The van der Waals surface area contributed by atoms with Gasteiger partial charge in [-0.05, 0) is 12.1 Å². The smallest absolute Gasteiger partial charge is 0.139 e. The van der Waals surface area contributed by atoms with Crippen molar-refractivity contribution in [3.8, 4) is 6.07 Å². The maximum Gasteiger partial charge on any atom is 0.139 e. The molecule has 4 nitrogen and oxygen atoms in total. The van der Waals surface area contributed by atoms with Gasteiger partial charge in [0.2, 0.25) is 0 Å². The third-order valence-corrected chi connectivity index (χ3v) is 2.44. The van der Waals surface area contributed by atoms with Crippen molar-refractivity contribution in [2.45, 2.75) is 6.42 Å². The molecule has 0 aliphatic heterocycles. The lowest BCUT2D eigenvalue weighted by Gasteiger charge is -2.17. The summed E-state index contributed by atoms with van der Waals surface area (Å²) in [5.41, 5.74) is 0.927. The summed E-state index contributed by atoms with van der Waals surface area (Å²) in [7, 11) is 1.94. The highest BCUT2D eigenvalue weighted by Crippen LogP contribution is 2.21. The number of anilines is 1. The Kier molecular flexibility index (Phi) is 2.97. The predicted octanol–water partition coefficient (Wildman–Crippen LogP) is 1.98. The highest BCUT2D eigenvalue weighted by Gasteiger charge is 2.06. The van der Waals surface area contributed by atoms with Crippen LogP contribution in [0.25, 0.3) is 10.9 Å². The normalized spacial score (nSPS) is 10.0. The summed E-state index contributed by atoms with van der Waals surface area (Å²) in [6, 6.07) is 10.0. The van der Waals surface area contributed by atoms with Crippen LogP contribution in [0.4, 0.5) is 5.82 Å². The summed E-state index contributed by atoms with van der Waals surface area (Å²) < 4.78 is 0. The summed E-state index contributed by atoms with van der Waals surface area (Å²) in [6.45, 7) is 0.678. The van der Waals surface area contributed by atoms with Crippen molar-refractivity contribution in [2.75, 3.05) is 18.5 Å². The molecule has 1 aromatic heterocycles. The molecule has 0 unspecified atom stereocenters. The second-order valence-electron chi connectivity index (χ2n) is 3.54. The van der Waals surface area contributed by atoms with E-state index in [2.05, 4.69) is 16.0 Å². The highest BCUT2D eigenvalue weighted by atomic mass is 15.2. The molecule has 16 heavy (non-hydrogen) atoms. The lowest BCUT2D eigenvalue weighted by atomic mass is 10.2. The number of hydrogen-bond donors (Lipinski definition) is 0. The molecule has 0 spiro atoms. The molecule has 0 bridgehead atoms. The first-order valence-electron chi connectivity index (χ1n) is 5.11. The maximum atomic E-state index is 8.57. The van der Waals surface area contributed by atoms with Gasteiger partial charge in [0.1, 0.15) is 12.1 Å². The molecule has 1 heterocycles. The zero-order chi connectivity index (χ0) is 11.4. The zero-order valence-corrected chi connectivity index (χ0v) is 9.09. The number of aromatic nitrogens is 2. The average Bonchev–Trinajstić information content (AvgIpc) is 2.35. The van der Waals surface area contributed by atoms with E-state index in [-0.39, 0.29) is 0 Å². The summed E-state index contributed by atoms with van der Waals surface area (Å²) in [6.07, 6.45) is 2.05. The van der Waals surface area contributed by atoms with E-state index in [0.29, 0.717) is 13.0 Å². The SMILES string of the molecule is CN(CCC#N)c1ncnc2ccccc12. The molecule has 0 saturated heterocycles. The quantitative estimate of drug-likeness (QED) is 0.780. The minimum atomic E-state index is 0.495. The molecule has 4 heteroatoms. The van der Waals surface area contributed by atoms with E-state index >= 15 is 0 Å². The monoisotopic (exact) mass is 212 g/mol. The number of fused-ring (bicyclic) bond motifs is 1. The Hall–Kier alpha value is -2.15. The molecule has 0 atom stereocenters. The van der Waals surface area contributed by atoms with E-state index in [1.54, 1.807) is 6.33 Å². The molecule has 0 radical (unpaired) electrons. The molecule has 80 valence electrons. The fraction of sp³-hybridized carbons (Fsp3) is 0.250. The number of benzene rings is 1. The van der Waals surface area contributed by atoms with Crippen molar-refractivity contribution >= 4 is 16.7 Å². The van der Waals surface area contributed by atoms with Gasteiger partial charge in [0.25, 0.3) is 0 Å². The molecule has 2 rings (SSSR count). The van der Waals surface area contributed by atoms with Crippen LogP contribution in [0.15, 0.2) is 30.6 Å². The van der Waals surface area contributed by atoms with E-state index in [1.165, 1.54) is 0 Å².